The minimum absolute atomic E-state index is 0.0252. The van der Waals surface area contributed by atoms with Gasteiger partial charge in [0.25, 0.3) is 15.9 Å². The number of halogens is 1. The summed E-state index contributed by atoms with van der Waals surface area (Å²) in [5.41, 5.74) is 4.04. The highest BCUT2D eigenvalue weighted by Gasteiger charge is 2.27. The van der Waals surface area contributed by atoms with Gasteiger partial charge >= 0.3 is 0 Å². The highest BCUT2D eigenvalue weighted by atomic mass is 32.2. The van der Waals surface area contributed by atoms with Crippen molar-refractivity contribution < 1.29 is 27.4 Å². The van der Waals surface area contributed by atoms with E-state index in [0.29, 0.717) is 12.2 Å². The van der Waals surface area contributed by atoms with E-state index in [1.54, 1.807) is 43.3 Å². The van der Waals surface area contributed by atoms with Crippen LogP contribution in [0.5, 0.6) is 11.5 Å². The van der Waals surface area contributed by atoms with Crippen LogP contribution >= 0.6 is 0 Å². The van der Waals surface area contributed by atoms with Crippen LogP contribution < -0.4 is 14.5 Å². The second-order valence-corrected chi connectivity index (χ2v) is 9.12. The summed E-state index contributed by atoms with van der Waals surface area (Å²) in [6, 6.07) is 15.5. The Bertz CT molecular complexity index is 1280. The average molecular weight is 486 g/mol. The number of benzene rings is 3. The standard InChI is InChI=1S/C24H24FN3O5S/c1-3-33-23-14-18(6-13-22(23)29)15-26-27-24(30)16-28(20-9-4-17(2)5-10-20)34(31,32)21-11-7-19(25)8-12-21/h4-15,29H,3,16H2,1-2H3,(H,27,30)/b26-15+. The van der Waals surface area contributed by atoms with Crippen LogP contribution in [0.4, 0.5) is 10.1 Å². The van der Waals surface area contributed by atoms with E-state index in [0.717, 1.165) is 34.1 Å². The highest BCUT2D eigenvalue weighted by Crippen LogP contribution is 2.26. The molecule has 0 heterocycles. The first-order valence-corrected chi connectivity index (χ1v) is 11.8. The summed E-state index contributed by atoms with van der Waals surface area (Å²) in [7, 11) is -4.16. The van der Waals surface area contributed by atoms with Gasteiger partial charge in [-0.1, -0.05) is 17.7 Å². The molecule has 0 aromatic heterocycles. The topological polar surface area (TPSA) is 108 Å². The number of sulfonamides is 1. The Morgan fingerprint density at radius 1 is 1.12 bits per heavy atom. The molecule has 0 fully saturated rings. The van der Waals surface area contributed by atoms with Gasteiger partial charge < -0.3 is 9.84 Å². The second-order valence-electron chi connectivity index (χ2n) is 7.25. The van der Waals surface area contributed by atoms with E-state index in [2.05, 4.69) is 10.5 Å². The maximum atomic E-state index is 13.3. The number of ether oxygens (including phenoxy) is 1. The van der Waals surface area contributed by atoms with Gasteiger partial charge in [-0.25, -0.2) is 18.2 Å². The molecule has 0 bridgehead atoms. The van der Waals surface area contributed by atoms with E-state index in [9.17, 15) is 22.7 Å². The molecule has 1 amide bonds. The number of hydrogen-bond donors (Lipinski definition) is 2. The van der Waals surface area contributed by atoms with E-state index in [1.807, 2.05) is 6.92 Å². The zero-order chi connectivity index (χ0) is 24.7. The van der Waals surface area contributed by atoms with Gasteiger partial charge in [-0.2, -0.15) is 5.10 Å². The molecule has 2 N–H and O–H groups in total. The summed E-state index contributed by atoms with van der Waals surface area (Å²) in [6.45, 7) is 3.44. The zero-order valence-corrected chi connectivity index (χ0v) is 19.4. The molecular formula is C24H24FN3O5S. The van der Waals surface area contributed by atoms with Gasteiger partial charge in [-0.05, 0) is 74.0 Å². The van der Waals surface area contributed by atoms with Crippen molar-refractivity contribution >= 4 is 27.8 Å². The molecular weight excluding hydrogens is 461 g/mol. The monoisotopic (exact) mass is 485 g/mol. The summed E-state index contributed by atoms with van der Waals surface area (Å²) < 4.78 is 46.0. The van der Waals surface area contributed by atoms with Crippen LogP contribution in [-0.4, -0.2) is 38.8 Å². The lowest BCUT2D eigenvalue weighted by Gasteiger charge is -2.23. The molecule has 3 aromatic rings. The summed E-state index contributed by atoms with van der Waals surface area (Å²) >= 11 is 0. The van der Waals surface area contributed by atoms with Crippen molar-refractivity contribution in [3.8, 4) is 11.5 Å². The fourth-order valence-corrected chi connectivity index (χ4v) is 4.41. The first-order chi connectivity index (χ1) is 16.2. The van der Waals surface area contributed by atoms with Gasteiger partial charge in [0.1, 0.15) is 12.4 Å². The molecule has 10 heteroatoms. The quantitative estimate of drug-likeness (QED) is 0.356. The Kier molecular flexibility index (Phi) is 7.85. The Balaban J connectivity index is 1.80. The summed E-state index contributed by atoms with van der Waals surface area (Å²) in [6.07, 6.45) is 1.34. The number of nitrogens with one attached hydrogen (secondary N) is 1. The fraction of sp³-hybridized carbons (Fsp3) is 0.167. The minimum Gasteiger partial charge on any atom is -0.504 e. The number of aromatic hydroxyl groups is 1. The van der Waals surface area contributed by atoms with Crippen molar-refractivity contribution in [3.63, 3.8) is 0 Å². The molecule has 178 valence electrons. The third-order valence-electron chi connectivity index (χ3n) is 4.70. The highest BCUT2D eigenvalue weighted by molar-refractivity contribution is 7.92. The molecule has 0 aliphatic rings. The van der Waals surface area contributed by atoms with Crippen LogP contribution in [0.2, 0.25) is 0 Å². The van der Waals surface area contributed by atoms with Gasteiger partial charge in [0.2, 0.25) is 0 Å². The van der Waals surface area contributed by atoms with Crippen LogP contribution in [0, 0.1) is 12.7 Å². The molecule has 0 saturated heterocycles. The third kappa shape index (κ3) is 6.10. The molecule has 3 aromatic carbocycles. The molecule has 3 rings (SSSR count). The number of nitrogens with zero attached hydrogens (tertiary/aromatic N) is 2. The Morgan fingerprint density at radius 3 is 2.44 bits per heavy atom. The van der Waals surface area contributed by atoms with Crippen LogP contribution in [0.15, 0.2) is 76.7 Å². The van der Waals surface area contributed by atoms with Crippen LogP contribution in [0.25, 0.3) is 0 Å². The smallest absolute Gasteiger partial charge is 0.264 e. The van der Waals surface area contributed by atoms with Gasteiger partial charge in [0.15, 0.2) is 11.5 Å². The number of phenolic OH excluding ortho intramolecular Hbond substituents is 1. The number of hydrogen-bond acceptors (Lipinski definition) is 6. The van der Waals surface area contributed by atoms with Crippen molar-refractivity contribution in [1.82, 2.24) is 5.43 Å². The molecule has 34 heavy (non-hydrogen) atoms. The fourth-order valence-electron chi connectivity index (χ4n) is 2.99. The van der Waals surface area contributed by atoms with Crippen molar-refractivity contribution in [2.45, 2.75) is 18.7 Å². The van der Waals surface area contributed by atoms with Crippen molar-refractivity contribution in [1.29, 1.82) is 0 Å². The number of rotatable bonds is 9. The van der Waals surface area contributed by atoms with E-state index < -0.39 is 28.3 Å². The molecule has 0 aliphatic carbocycles. The Morgan fingerprint density at radius 2 is 1.79 bits per heavy atom. The average Bonchev–Trinajstić information content (AvgIpc) is 2.80. The predicted molar refractivity (Wildman–Crippen MR) is 127 cm³/mol. The summed E-state index contributed by atoms with van der Waals surface area (Å²) in [4.78, 5) is 12.4. The number of carbonyl (C=O) groups excluding carboxylic acids is 1. The first-order valence-electron chi connectivity index (χ1n) is 10.3. The maximum absolute atomic E-state index is 13.3. The van der Waals surface area contributed by atoms with E-state index in [1.165, 1.54) is 12.3 Å². The number of anilines is 1. The van der Waals surface area contributed by atoms with Gasteiger partial charge in [0.05, 0.1) is 23.4 Å². The molecule has 0 saturated carbocycles. The van der Waals surface area contributed by atoms with E-state index >= 15 is 0 Å². The van der Waals surface area contributed by atoms with Crippen LogP contribution in [0.3, 0.4) is 0 Å². The normalized spacial score (nSPS) is 11.4. The van der Waals surface area contributed by atoms with Crippen LogP contribution in [-0.2, 0) is 14.8 Å². The lowest BCUT2D eigenvalue weighted by molar-refractivity contribution is -0.119. The van der Waals surface area contributed by atoms with Gasteiger partial charge in [-0.15, -0.1) is 0 Å². The van der Waals surface area contributed by atoms with Crippen molar-refractivity contribution in [3.05, 3.63) is 83.7 Å². The van der Waals surface area contributed by atoms with E-state index in [4.69, 9.17) is 4.74 Å². The Hall–Kier alpha value is -3.92. The second kappa shape index (κ2) is 10.8. The largest absolute Gasteiger partial charge is 0.504 e. The Labute approximate surface area is 197 Å². The van der Waals surface area contributed by atoms with Gasteiger partial charge in [0, 0.05) is 0 Å². The molecule has 0 unspecified atom stereocenters. The third-order valence-corrected chi connectivity index (χ3v) is 6.49. The number of amides is 1. The molecule has 0 radical (unpaired) electrons. The molecule has 8 nitrogen and oxygen atoms in total. The summed E-state index contributed by atoms with van der Waals surface area (Å²) in [5.74, 6) is -1.02. The van der Waals surface area contributed by atoms with E-state index in [-0.39, 0.29) is 22.1 Å². The van der Waals surface area contributed by atoms with Crippen LogP contribution in [0.1, 0.15) is 18.1 Å². The first kappa shape index (κ1) is 24.7. The lowest BCUT2D eigenvalue weighted by Crippen LogP contribution is -2.39. The van der Waals surface area contributed by atoms with Crippen molar-refractivity contribution in [2.24, 2.45) is 5.10 Å². The van der Waals surface area contributed by atoms with Crippen molar-refractivity contribution in [2.75, 3.05) is 17.5 Å². The number of aryl methyl sites for hydroxylation is 1. The number of phenols is 1. The molecule has 0 spiro atoms. The number of carbonyl (C=O) groups is 1. The minimum atomic E-state index is -4.16. The maximum Gasteiger partial charge on any atom is 0.264 e. The van der Waals surface area contributed by atoms with Gasteiger partial charge in [-0.3, -0.25) is 9.10 Å². The predicted octanol–water partition coefficient (Wildman–Crippen LogP) is 3.58. The zero-order valence-electron chi connectivity index (χ0n) is 18.6. The summed E-state index contributed by atoms with van der Waals surface area (Å²) in [5, 5.41) is 13.6. The molecule has 0 atom stereocenters. The molecule has 0 aliphatic heterocycles. The lowest BCUT2D eigenvalue weighted by atomic mass is 10.2. The number of hydrazone groups is 1. The SMILES string of the molecule is CCOc1cc(/C=N/NC(=O)CN(c2ccc(C)cc2)S(=O)(=O)c2ccc(F)cc2)ccc1O.